The summed E-state index contributed by atoms with van der Waals surface area (Å²) in [5.74, 6) is 0. The molecule has 0 heterocycles. The summed E-state index contributed by atoms with van der Waals surface area (Å²) in [5, 5.41) is 0. The molecule has 5 heavy (non-hydrogen) atoms. The van der Waals surface area contributed by atoms with Gasteiger partial charge in [0.2, 0.25) is 0 Å². The molecule has 4 N–H and O–H groups in total. The van der Waals surface area contributed by atoms with Crippen LogP contribution >= 0.6 is 0 Å². The van der Waals surface area contributed by atoms with Gasteiger partial charge in [-0.3, -0.25) is 0 Å². The second kappa shape index (κ2) is 69.8. The Morgan fingerprint density at radius 3 is 0.800 bits per heavy atom. The first-order valence-corrected chi connectivity index (χ1v) is 0. The van der Waals surface area contributed by atoms with Crippen LogP contribution in [0.5, 0.6) is 0 Å². The van der Waals surface area contributed by atoms with Crippen LogP contribution in [0, 0.1) is 0 Å². The van der Waals surface area contributed by atoms with E-state index in [1.165, 1.54) is 0 Å². The van der Waals surface area contributed by atoms with Crippen LogP contribution in [0.3, 0.4) is 0 Å². The van der Waals surface area contributed by atoms with Crippen LogP contribution in [0.1, 0.15) is 0 Å². The quantitative estimate of drug-likeness (QED) is 0.412. The molecule has 0 aliphatic rings. The van der Waals surface area contributed by atoms with Crippen LogP contribution in [0.15, 0.2) is 0 Å². The van der Waals surface area contributed by atoms with Crippen LogP contribution < -0.4 is 0 Å². The van der Waals surface area contributed by atoms with Crippen molar-refractivity contribution in [3.05, 3.63) is 0 Å². The van der Waals surface area contributed by atoms with E-state index in [1.807, 2.05) is 0 Å². The first kappa shape index (κ1) is 129. The van der Waals surface area contributed by atoms with Crippen molar-refractivity contribution in [3.63, 3.8) is 0 Å². The van der Waals surface area contributed by atoms with Crippen LogP contribution in [0.4, 0.5) is 0 Å². The molecule has 0 spiro atoms. The molecule has 0 unspecified atom stereocenters. The minimum atomic E-state index is 0. The third kappa shape index (κ3) is 40.0. The number of hydrogen-bond donors (Lipinski definition) is 0. The van der Waals surface area contributed by atoms with Gasteiger partial charge in [0.15, 0.2) is 0 Å². The maximum Gasteiger partial charge on any atom is 2.00 e. The topological polar surface area (TPSA) is 91.5 Å². The summed E-state index contributed by atoms with van der Waals surface area (Å²) in [5.41, 5.74) is 0. The van der Waals surface area contributed by atoms with E-state index in [1.54, 1.807) is 0 Å². The minimum absolute atomic E-state index is 0. The zero-order chi connectivity index (χ0) is 0. The van der Waals surface area contributed by atoms with Crippen LogP contribution in [-0.4, -0.2) is 16.4 Å². The van der Waals surface area contributed by atoms with Gasteiger partial charge < -0.3 is 16.4 Å². The SMILES string of the molecule is O.[Fe+2].[OH-].[OH-].[Ti]. The van der Waals surface area contributed by atoms with Gasteiger partial charge in [0.05, 0.1) is 0 Å². The Bertz CT molecular complexity index is 6.85. The van der Waals surface area contributed by atoms with Crippen LogP contribution in [-0.2, 0) is 38.8 Å². The zero-order valence-corrected chi connectivity index (χ0v) is 4.91. The van der Waals surface area contributed by atoms with Crippen molar-refractivity contribution < 1.29 is 55.2 Å². The van der Waals surface area contributed by atoms with E-state index in [9.17, 15) is 0 Å². The van der Waals surface area contributed by atoms with Gasteiger partial charge in [-0.1, -0.05) is 0 Å². The van der Waals surface area contributed by atoms with E-state index in [4.69, 9.17) is 0 Å². The number of rotatable bonds is 0. The first-order chi connectivity index (χ1) is 0. The fourth-order valence-corrected chi connectivity index (χ4v) is 0. The Hall–Kier alpha value is 1.11. The van der Waals surface area contributed by atoms with Gasteiger partial charge in [-0.25, -0.2) is 0 Å². The second-order valence-electron chi connectivity index (χ2n) is 0. The Morgan fingerprint density at radius 1 is 0.800 bits per heavy atom. The van der Waals surface area contributed by atoms with E-state index in [-0.39, 0.29) is 55.2 Å². The van der Waals surface area contributed by atoms with Crippen LogP contribution in [0.25, 0.3) is 0 Å². The molecule has 0 amide bonds. The van der Waals surface area contributed by atoms with Gasteiger partial charge in [-0.05, 0) is 0 Å². The van der Waals surface area contributed by atoms with E-state index in [2.05, 4.69) is 0 Å². The molecule has 0 aromatic heterocycles. The predicted octanol–water partition coefficient (Wildman–Crippen LogP) is -1.18. The summed E-state index contributed by atoms with van der Waals surface area (Å²) in [6.07, 6.45) is 0. The van der Waals surface area contributed by atoms with Crippen molar-refractivity contribution in [1.29, 1.82) is 0 Å². The summed E-state index contributed by atoms with van der Waals surface area (Å²) in [7, 11) is 0. The third-order valence-corrected chi connectivity index (χ3v) is 0. The molecular formula is H4FeO3Ti. The summed E-state index contributed by atoms with van der Waals surface area (Å²) in [6.45, 7) is 0. The molecule has 0 radical (unpaired) electrons. The smallest absolute Gasteiger partial charge is 0.870 e. The normalized spacial score (nSPS) is 0. The molecular weight excluding hydrogens is 152 g/mol. The third-order valence-electron chi connectivity index (χ3n) is 0. The van der Waals surface area contributed by atoms with Crippen molar-refractivity contribution in [3.8, 4) is 0 Å². The Kier molecular flexibility index (Phi) is 1800. The van der Waals surface area contributed by atoms with Gasteiger partial charge in [-0.15, -0.1) is 0 Å². The van der Waals surface area contributed by atoms with Crippen LogP contribution in [0.2, 0.25) is 0 Å². The molecule has 5 heteroatoms. The van der Waals surface area contributed by atoms with E-state index < -0.39 is 0 Å². The average Bonchev–Trinajstić information content (AvgIpc) is 0. The molecule has 0 aromatic rings. The molecule has 0 atom stereocenters. The van der Waals surface area contributed by atoms with Gasteiger partial charge >= 0.3 is 17.1 Å². The maximum absolute atomic E-state index is 0. The zero-order valence-electron chi connectivity index (χ0n) is 2.25. The minimum Gasteiger partial charge on any atom is -0.870 e. The fraction of sp³-hybridized carbons (Fsp3) is 0. The average molecular weight is 156 g/mol. The van der Waals surface area contributed by atoms with Crippen molar-refractivity contribution in [1.82, 2.24) is 0 Å². The van der Waals surface area contributed by atoms with Crippen molar-refractivity contribution >= 4 is 0 Å². The van der Waals surface area contributed by atoms with Gasteiger partial charge in [0, 0.05) is 21.7 Å². The van der Waals surface area contributed by atoms with E-state index in [0.29, 0.717) is 0 Å². The molecule has 0 saturated carbocycles. The Morgan fingerprint density at radius 2 is 0.800 bits per heavy atom. The molecule has 0 fully saturated rings. The summed E-state index contributed by atoms with van der Waals surface area (Å²) in [4.78, 5) is 0. The van der Waals surface area contributed by atoms with E-state index >= 15 is 0 Å². The van der Waals surface area contributed by atoms with Crippen molar-refractivity contribution in [2.75, 3.05) is 0 Å². The molecule has 0 bridgehead atoms. The molecule has 3 nitrogen and oxygen atoms in total. The molecule has 0 aromatic carbocycles. The summed E-state index contributed by atoms with van der Waals surface area (Å²) in [6, 6.07) is 0. The van der Waals surface area contributed by atoms with Gasteiger partial charge in [-0.2, -0.15) is 0 Å². The fourth-order valence-electron chi connectivity index (χ4n) is 0. The Balaban J connectivity index is 0. The van der Waals surface area contributed by atoms with Crippen molar-refractivity contribution in [2.24, 2.45) is 0 Å². The first-order valence-electron chi connectivity index (χ1n) is 0. The molecule has 34 valence electrons. The van der Waals surface area contributed by atoms with Gasteiger partial charge in [0.1, 0.15) is 0 Å². The molecule has 0 rings (SSSR count). The van der Waals surface area contributed by atoms with E-state index in [0.717, 1.165) is 0 Å². The predicted molar refractivity (Wildman–Crippen MR) is 7.49 cm³/mol. The molecule has 0 aliphatic heterocycles. The number of hydrogen-bond acceptors (Lipinski definition) is 2. The standard InChI is InChI=1S/Fe.3H2O.Ti/h;3*1H2;/q+2;;;;/p-2. The molecule has 0 saturated heterocycles. The Labute approximate surface area is 55.4 Å². The molecule has 0 aliphatic carbocycles. The maximum atomic E-state index is 0. The largest absolute Gasteiger partial charge is 2.00 e. The second-order valence-corrected chi connectivity index (χ2v) is 0. The van der Waals surface area contributed by atoms with Crippen molar-refractivity contribution in [2.45, 2.75) is 0 Å². The monoisotopic (exact) mass is 156 g/mol. The summed E-state index contributed by atoms with van der Waals surface area (Å²) >= 11 is 0. The summed E-state index contributed by atoms with van der Waals surface area (Å²) < 4.78 is 0. The van der Waals surface area contributed by atoms with Gasteiger partial charge in [0.25, 0.3) is 0 Å².